The van der Waals surface area contributed by atoms with Crippen LogP contribution >= 0.6 is 0 Å². The Morgan fingerprint density at radius 2 is 2.14 bits per heavy atom. The fourth-order valence-corrected chi connectivity index (χ4v) is 4.29. The Morgan fingerprint density at radius 1 is 1.24 bits per heavy atom. The van der Waals surface area contributed by atoms with Crippen LogP contribution in [0.25, 0.3) is 22.4 Å². The number of rotatable bonds is 3. The second-order valence-corrected chi connectivity index (χ2v) is 8.23. The molecule has 4 aromatic rings. The summed E-state index contributed by atoms with van der Waals surface area (Å²) >= 11 is 0. The molecule has 0 unspecified atom stereocenters. The first-order valence-electron chi connectivity index (χ1n) is 9.73. The zero-order valence-corrected chi connectivity index (χ0v) is 16.4. The molecule has 2 N–H and O–H groups in total. The van der Waals surface area contributed by atoms with Crippen molar-refractivity contribution in [2.45, 2.75) is 38.1 Å². The van der Waals surface area contributed by atoms with E-state index < -0.39 is 0 Å². The molecule has 5 rings (SSSR count). The van der Waals surface area contributed by atoms with Crippen LogP contribution in [-0.2, 0) is 5.41 Å². The minimum Gasteiger partial charge on any atom is -0.442 e. The number of nitrogens with one attached hydrogen (secondary N) is 2. The lowest BCUT2D eigenvalue weighted by molar-refractivity contribution is 0.406. The maximum atomic E-state index is 9.31. The van der Waals surface area contributed by atoms with E-state index in [1.807, 2.05) is 18.2 Å². The molecule has 0 saturated heterocycles. The number of anilines is 1. The molecule has 0 spiro atoms. The van der Waals surface area contributed by atoms with Gasteiger partial charge in [0.2, 0.25) is 0 Å². The summed E-state index contributed by atoms with van der Waals surface area (Å²) in [5.41, 5.74) is 6.04. The molecular weight excluding hydrogens is 362 g/mol. The number of nitrogens with zero attached hydrogens (tertiary/aromatic N) is 3. The molecule has 1 atom stereocenters. The third-order valence-electron chi connectivity index (χ3n) is 5.91. The smallest absolute Gasteiger partial charge is 0.181 e. The van der Waals surface area contributed by atoms with E-state index >= 15 is 0 Å². The lowest BCUT2D eigenvalue weighted by atomic mass is 9.70. The number of fused-ring (bicyclic) bond motifs is 2. The first kappa shape index (κ1) is 17.5. The largest absolute Gasteiger partial charge is 0.442 e. The van der Waals surface area contributed by atoms with Crippen molar-refractivity contribution in [2.75, 3.05) is 5.32 Å². The normalized spacial score (nSPS) is 17.6. The third kappa shape index (κ3) is 2.95. The Balaban J connectivity index is 1.52. The van der Waals surface area contributed by atoms with E-state index in [1.165, 1.54) is 17.5 Å². The predicted molar refractivity (Wildman–Crippen MR) is 111 cm³/mol. The van der Waals surface area contributed by atoms with Crippen molar-refractivity contribution < 1.29 is 4.42 Å². The highest BCUT2D eigenvalue weighted by Gasteiger charge is 2.33. The number of hydrogen-bond acceptors (Lipinski definition) is 5. The highest BCUT2D eigenvalue weighted by atomic mass is 16.3. The number of H-pyrrole nitrogens is 1. The van der Waals surface area contributed by atoms with Crippen molar-refractivity contribution in [3.63, 3.8) is 0 Å². The maximum Gasteiger partial charge on any atom is 0.181 e. The van der Waals surface area contributed by atoms with Gasteiger partial charge in [-0.3, -0.25) is 5.10 Å². The molecule has 0 aliphatic heterocycles. The summed E-state index contributed by atoms with van der Waals surface area (Å²) in [6, 6.07) is 14.7. The van der Waals surface area contributed by atoms with Gasteiger partial charge in [0.05, 0.1) is 29.4 Å². The van der Waals surface area contributed by atoms with Gasteiger partial charge in [0.15, 0.2) is 12.2 Å². The number of nitriles is 1. The minimum atomic E-state index is 0.0638. The summed E-state index contributed by atoms with van der Waals surface area (Å²) in [5.74, 6) is 0.641. The van der Waals surface area contributed by atoms with Crippen LogP contribution < -0.4 is 5.32 Å². The van der Waals surface area contributed by atoms with Crippen LogP contribution in [0.2, 0.25) is 0 Å². The Labute approximate surface area is 168 Å². The molecular formula is C23H21N5O. The van der Waals surface area contributed by atoms with E-state index in [2.05, 4.69) is 58.6 Å². The standard InChI is InChI=1S/C23H21N5O/c1-23(2)8-7-19(16-5-3-14(11-24)9-18(16)23)26-15-4-6-20-17(10-15)22(28-27-20)21-12-25-13-29-21/h3-6,9-10,12-13,19,26H,7-8H2,1-2H3,(H,27,28)/t19-/m0/s1. The van der Waals surface area contributed by atoms with Gasteiger partial charge >= 0.3 is 0 Å². The predicted octanol–water partition coefficient (Wildman–Crippen LogP) is 5.31. The summed E-state index contributed by atoms with van der Waals surface area (Å²) in [6.07, 6.45) is 5.17. The van der Waals surface area contributed by atoms with Crippen molar-refractivity contribution in [1.29, 1.82) is 5.26 Å². The molecule has 2 heterocycles. The van der Waals surface area contributed by atoms with E-state index in [0.29, 0.717) is 11.3 Å². The summed E-state index contributed by atoms with van der Waals surface area (Å²) in [6.45, 7) is 4.51. The Morgan fingerprint density at radius 3 is 2.93 bits per heavy atom. The molecule has 6 heteroatoms. The molecule has 2 aromatic carbocycles. The van der Waals surface area contributed by atoms with Gasteiger partial charge in [0.25, 0.3) is 0 Å². The van der Waals surface area contributed by atoms with Gasteiger partial charge in [0.1, 0.15) is 5.69 Å². The summed E-state index contributed by atoms with van der Waals surface area (Å²) in [7, 11) is 0. The molecule has 6 nitrogen and oxygen atoms in total. The molecule has 0 saturated carbocycles. The molecule has 2 aromatic heterocycles. The lowest BCUT2D eigenvalue weighted by Gasteiger charge is -2.38. The van der Waals surface area contributed by atoms with Gasteiger partial charge in [-0.05, 0) is 59.7 Å². The SMILES string of the molecule is CC1(C)CC[C@H](Nc2ccc3[nH]nc(-c4cnco4)c3c2)c2ccc(C#N)cc21. The van der Waals surface area contributed by atoms with Gasteiger partial charge in [-0.2, -0.15) is 10.4 Å². The Kier molecular flexibility index (Phi) is 3.92. The average Bonchev–Trinajstić information content (AvgIpc) is 3.39. The second-order valence-electron chi connectivity index (χ2n) is 8.23. The van der Waals surface area contributed by atoms with Crippen molar-refractivity contribution in [3.05, 3.63) is 65.7 Å². The Bertz CT molecular complexity index is 1230. The molecule has 29 heavy (non-hydrogen) atoms. The molecule has 0 radical (unpaired) electrons. The molecule has 1 aliphatic rings. The number of hydrogen-bond donors (Lipinski definition) is 2. The van der Waals surface area contributed by atoms with Crippen molar-refractivity contribution in [1.82, 2.24) is 15.2 Å². The van der Waals surface area contributed by atoms with Crippen LogP contribution in [0.1, 0.15) is 49.4 Å². The van der Waals surface area contributed by atoms with Crippen LogP contribution in [0.3, 0.4) is 0 Å². The van der Waals surface area contributed by atoms with E-state index in [0.717, 1.165) is 35.1 Å². The van der Waals surface area contributed by atoms with Gasteiger partial charge in [-0.15, -0.1) is 0 Å². The fourth-order valence-electron chi connectivity index (χ4n) is 4.29. The van der Waals surface area contributed by atoms with E-state index in [-0.39, 0.29) is 11.5 Å². The molecule has 0 amide bonds. The lowest BCUT2D eigenvalue weighted by Crippen LogP contribution is -2.29. The first-order valence-corrected chi connectivity index (χ1v) is 9.73. The highest BCUT2D eigenvalue weighted by Crippen LogP contribution is 2.43. The van der Waals surface area contributed by atoms with Crippen LogP contribution in [0.4, 0.5) is 5.69 Å². The molecule has 0 bridgehead atoms. The number of oxazole rings is 1. The molecule has 0 fully saturated rings. The Hall–Kier alpha value is -3.59. The van der Waals surface area contributed by atoms with Gasteiger partial charge in [-0.25, -0.2) is 4.98 Å². The monoisotopic (exact) mass is 383 g/mol. The minimum absolute atomic E-state index is 0.0638. The number of aromatic amines is 1. The highest BCUT2D eigenvalue weighted by molar-refractivity contribution is 5.93. The topological polar surface area (TPSA) is 90.5 Å². The molecule has 144 valence electrons. The zero-order chi connectivity index (χ0) is 20.0. The third-order valence-corrected chi connectivity index (χ3v) is 5.91. The quantitative estimate of drug-likeness (QED) is 0.500. The van der Waals surface area contributed by atoms with E-state index in [1.54, 1.807) is 6.20 Å². The second kappa shape index (κ2) is 6.49. The number of aromatic nitrogens is 3. The van der Waals surface area contributed by atoms with Gasteiger partial charge in [0, 0.05) is 11.1 Å². The van der Waals surface area contributed by atoms with E-state index in [4.69, 9.17) is 4.42 Å². The first-order chi connectivity index (χ1) is 14.0. The number of benzene rings is 2. The van der Waals surface area contributed by atoms with Crippen molar-refractivity contribution in [3.8, 4) is 17.5 Å². The maximum absolute atomic E-state index is 9.31. The van der Waals surface area contributed by atoms with Crippen molar-refractivity contribution >= 4 is 16.6 Å². The summed E-state index contributed by atoms with van der Waals surface area (Å²) in [4.78, 5) is 3.99. The van der Waals surface area contributed by atoms with Crippen LogP contribution in [0.5, 0.6) is 0 Å². The van der Waals surface area contributed by atoms with Crippen molar-refractivity contribution in [2.24, 2.45) is 0 Å². The average molecular weight is 383 g/mol. The van der Waals surface area contributed by atoms with E-state index in [9.17, 15) is 5.26 Å². The fraction of sp³-hybridized carbons (Fsp3) is 0.261. The zero-order valence-electron chi connectivity index (χ0n) is 16.4. The van der Waals surface area contributed by atoms with Gasteiger partial charge < -0.3 is 9.73 Å². The van der Waals surface area contributed by atoms with Gasteiger partial charge in [-0.1, -0.05) is 19.9 Å². The summed E-state index contributed by atoms with van der Waals surface area (Å²) in [5, 5.41) is 21.4. The van der Waals surface area contributed by atoms with Crippen LogP contribution in [-0.4, -0.2) is 15.2 Å². The summed E-state index contributed by atoms with van der Waals surface area (Å²) < 4.78 is 5.43. The van der Waals surface area contributed by atoms with Crippen LogP contribution in [0.15, 0.2) is 53.4 Å². The van der Waals surface area contributed by atoms with Crippen LogP contribution in [0, 0.1) is 11.3 Å². The molecule has 1 aliphatic carbocycles.